The highest BCUT2D eigenvalue weighted by Gasteiger charge is 2.44. The van der Waals surface area contributed by atoms with Gasteiger partial charge in [0.2, 0.25) is 5.91 Å². The molecule has 11 nitrogen and oxygen atoms in total. The summed E-state index contributed by atoms with van der Waals surface area (Å²) in [6.07, 6.45) is 38.4. The van der Waals surface area contributed by atoms with E-state index in [0.29, 0.717) is 19.3 Å². The van der Waals surface area contributed by atoms with Crippen molar-refractivity contribution in [2.45, 2.75) is 294 Å². The largest absolute Gasteiger partial charge is 0.394 e. The minimum atomic E-state index is -1.67. The van der Waals surface area contributed by atoms with Crippen molar-refractivity contribution in [3.05, 3.63) is 24.3 Å². The van der Waals surface area contributed by atoms with E-state index in [1.807, 2.05) is 0 Å². The standard InChI is InChI=1S/C53H101NO10/c1-3-5-7-9-11-13-14-15-16-17-18-19-20-21-22-23-24-25-26-27-28-29-30-31-33-34-36-38-40-45(56)48(58)44(43-63-53-51(61)50(60)49(59)47(42-55)64-53)54-52(62)46(57)41-39-37-35-32-12-10-8-6-4-2/h28-29,33-34,44-51,53,55-61H,3-27,30-32,35-43H2,1-2H3,(H,54,62)/b29-28+,34-33+. The van der Waals surface area contributed by atoms with E-state index in [0.717, 1.165) is 38.5 Å². The Hall–Kier alpha value is -1.41. The van der Waals surface area contributed by atoms with Gasteiger partial charge in [-0.15, -0.1) is 0 Å². The Labute approximate surface area is 391 Å². The molecule has 8 N–H and O–H groups in total. The molecule has 378 valence electrons. The molecule has 1 fully saturated rings. The monoisotopic (exact) mass is 912 g/mol. The molecule has 11 heteroatoms. The third-order valence-electron chi connectivity index (χ3n) is 13.0. The van der Waals surface area contributed by atoms with E-state index in [4.69, 9.17) is 9.47 Å². The molecule has 0 aliphatic carbocycles. The summed E-state index contributed by atoms with van der Waals surface area (Å²) in [5.74, 6) is -0.712. The molecule has 0 aromatic carbocycles. The Morgan fingerprint density at radius 3 is 1.39 bits per heavy atom. The van der Waals surface area contributed by atoms with Crippen LogP contribution >= 0.6 is 0 Å². The zero-order valence-corrected chi connectivity index (χ0v) is 41.0. The third-order valence-corrected chi connectivity index (χ3v) is 13.0. The number of carbonyl (C=O) groups excluding carboxylic acids is 1. The molecule has 9 unspecified atom stereocenters. The summed E-state index contributed by atoms with van der Waals surface area (Å²) < 4.78 is 11.1. The van der Waals surface area contributed by atoms with E-state index in [1.54, 1.807) is 0 Å². The van der Waals surface area contributed by atoms with Crippen LogP contribution < -0.4 is 5.32 Å². The summed E-state index contributed by atoms with van der Waals surface area (Å²) in [7, 11) is 0. The van der Waals surface area contributed by atoms with E-state index in [-0.39, 0.29) is 12.8 Å². The summed E-state index contributed by atoms with van der Waals surface area (Å²) in [4.78, 5) is 13.0. The van der Waals surface area contributed by atoms with Crippen molar-refractivity contribution in [3.8, 4) is 0 Å². The van der Waals surface area contributed by atoms with Crippen LogP contribution in [0.3, 0.4) is 0 Å². The minimum Gasteiger partial charge on any atom is -0.394 e. The highest BCUT2D eigenvalue weighted by Crippen LogP contribution is 2.23. The predicted octanol–water partition coefficient (Wildman–Crippen LogP) is 10.2. The number of unbranched alkanes of at least 4 members (excludes halogenated alkanes) is 29. The van der Waals surface area contributed by atoms with Gasteiger partial charge in [0.15, 0.2) is 6.29 Å². The van der Waals surface area contributed by atoms with Gasteiger partial charge in [-0.1, -0.05) is 212 Å². The average Bonchev–Trinajstić information content (AvgIpc) is 3.29. The fourth-order valence-corrected chi connectivity index (χ4v) is 8.58. The normalized spacial score (nSPS) is 21.2. The van der Waals surface area contributed by atoms with Gasteiger partial charge in [-0.25, -0.2) is 0 Å². The van der Waals surface area contributed by atoms with E-state index in [2.05, 4.69) is 43.5 Å². The zero-order chi connectivity index (χ0) is 46.9. The Morgan fingerprint density at radius 2 is 0.938 bits per heavy atom. The molecule has 1 heterocycles. The first-order chi connectivity index (χ1) is 31.2. The van der Waals surface area contributed by atoms with Crippen LogP contribution in [0.15, 0.2) is 24.3 Å². The second-order valence-corrected chi connectivity index (χ2v) is 18.9. The molecule has 0 saturated carbocycles. The number of amides is 1. The van der Waals surface area contributed by atoms with Crippen molar-refractivity contribution in [2.75, 3.05) is 13.2 Å². The van der Waals surface area contributed by atoms with Gasteiger partial charge in [0.25, 0.3) is 0 Å². The van der Waals surface area contributed by atoms with Crippen molar-refractivity contribution < 1.29 is 50.0 Å². The number of hydrogen-bond acceptors (Lipinski definition) is 10. The number of ether oxygens (including phenoxy) is 2. The summed E-state index contributed by atoms with van der Waals surface area (Å²) in [6, 6.07) is -1.19. The van der Waals surface area contributed by atoms with E-state index in [1.165, 1.54) is 154 Å². The molecule has 1 amide bonds. The average molecular weight is 912 g/mol. The van der Waals surface area contributed by atoms with Crippen molar-refractivity contribution in [3.63, 3.8) is 0 Å². The Balaban J connectivity index is 2.28. The summed E-state index contributed by atoms with van der Waals surface area (Å²) in [5.41, 5.74) is 0. The van der Waals surface area contributed by atoms with Crippen molar-refractivity contribution >= 4 is 5.91 Å². The number of aliphatic hydroxyl groups is 7. The zero-order valence-electron chi connectivity index (χ0n) is 41.0. The minimum absolute atomic E-state index is 0.248. The third kappa shape index (κ3) is 31.5. The SMILES string of the molecule is CCCCCCCCCCCCCCCCCCCCC/C=C/CC/C=C/CCCC(O)C(O)C(COC1OC(CO)C(O)C(O)C1O)NC(=O)C(O)CCCCCCCCCCC. The number of nitrogens with one attached hydrogen (secondary N) is 1. The fraction of sp³-hybridized carbons (Fsp3) is 0.906. The molecule has 0 bridgehead atoms. The Bertz CT molecular complexity index is 1090. The first kappa shape index (κ1) is 60.6. The van der Waals surface area contributed by atoms with Gasteiger partial charge in [0.1, 0.15) is 36.6 Å². The first-order valence-electron chi connectivity index (χ1n) is 26.7. The van der Waals surface area contributed by atoms with E-state index < -0.39 is 74.2 Å². The van der Waals surface area contributed by atoms with Gasteiger partial charge in [-0.2, -0.15) is 0 Å². The highest BCUT2D eigenvalue weighted by atomic mass is 16.7. The predicted molar refractivity (Wildman–Crippen MR) is 261 cm³/mol. The molecule has 0 radical (unpaired) electrons. The highest BCUT2D eigenvalue weighted by molar-refractivity contribution is 5.80. The first-order valence-corrected chi connectivity index (χ1v) is 26.7. The van der Waals surface area contributed by atoms with Gasteiger partial charge in [-0.3, -0.25) is 4.79 Å². The lowest BCUT2D eigenvalue weighted by atomic mass is 9.98. The molecular weight excluding hydrogens is 811 g/mol. The van der Waals surface area contributed by atoms with E-state index in [9.17, 15) is 40.5 Å². The number of hydrogen-bond donors (Lipinski definition) is 8. The molecule has 1 rings (SSSR count). The van der Waals surface area contributed by atoms with Gasteiger partial charge < -0.3 is 50.5 Å². The lowest BCUT2D eigenvalue weighted by Gasteiger charge is -2.40. The number of aliphatic hydroxyl groups excluding tert-OH is 7. The molecule has 0 spiro atoms. The number of allylic oxidation sites excluding steroid dienone is 4. The van der Waals surface area contributed by atoms with Crippen LogP contribution in [-0.2, 0) is 14.3 Å². The van der Waals surface area contributed by atoms with Gasteiger partial charge in [0, 0.05) is 0 Å². The molecular formula is C53H101NO10. The molecule has 9 atom stereocenters. The fourth-order valence-electron chi connectivity index (χ4n) is 8.58. The van der Waals surface area contributed by atoms with Crippen LogP contribution in [0, 0.1) is 0 Å². The second-order valence-electron chi connectivity index (χ2n) is 18.9. The van der Waals surface area contributed by atoms with Crippen LogP contribution in [0.5, 0.6) is 0 Å². The molecule has 1 saturated heterocycles. The topological polar surface area (TPSA) is 189 Å². The maximum Gasteiger partial charge on any atom is 0.249 e. The smallest absolute Gasteiger partial charge is 0.249 e. The summed E-state index contributed by atoms with van der Waals surface area (Å²) in [5, 5.41) is 75.6. The Kier molecular flexibility index (Phi) is 40.6. The van der Waals surface area contributed by atoms with Crippen LogP contribution in [0.2, 0.25) is 0 Å². The Morgan fingerprint density at radius 1 is 0.531 bits per heavy atom. The van der Waals surface area contributed by atoms with Gasteiger partial charge >= 0.3 is 0 Å². The van der Waals surface area contributed by atoms with E-state index >= 15 is 0 Å². The van der Waals surface area contributed by atoms with Gasteiger partial charge in [0.05, 0.1) is 25.4 Å². The van der Waals surface area contributed by atoms with Crippen LogP contribution in [0.25, 0.3) is 0 Å². The number of rotatable bonds is 45. The quantitative estimate of drug-likeness (QED) is 0.0216. The molecule has 0 aromatic heterocycles. The molecule has 64 heavy (non-hydrogen) atoms. The second kappa shape index (κ2) is 42.9. The van der Waals surface area contributed by atoms with Crippen molar-refractivity contribution in [1.29, 1.82) is 0 Å². The number of carbonyl (C=O) groups is 1. The van der Waals surface area contributed by atoms with Crippen LogP contribution in [0.4, 0.5) is 0 Å². The summed E-state index contributed by atoms with van der Waals surface area (Å²) >= 11 is 0. The molecule has 1 aliphatic rings. The molecule has 1 aliphatic heterocycles. The van der Waals surface area contributed by atoms with Gasteiger partial charge in [-0.05, 0) is 51.4 Å². The van der Waals surface area contributed by atoms with Crippen molar-refractivity contribution in [2.24, 2.45) is 0 Å². The van der Waals surface area contributed by atoms with Crippen molar-refractivity contribution in [1.82, 2.24) is 5.32 Å². The summed E-state index contributed by atoms with van der Waals surface area (Å²) in [6.45, 7) is 3.40. The maximum absolute atomic E-state index is 13.0. The maximum atomic E-state index is 13.0. The molecule has 0 aromatic rings. The van der Waals surface area contributed by atoms with Crippen LogP contribution in [-0.4, -0.2) is 110 Å². The lowest BCUT2D eigenvalue weighted by molar-refractivity contribution is -0.303. The lowest BCUT2D eigenvalue weighted by Crippen LogP contribution is -2.60. The van der Waals surface area contributed by atoms with Crippen LogP contribution in [0.1, 0.15) is 239 Å².